The lowest BCUT2D eigenvalue weighted by Crippen LogP contribution is -2.06. The van der Waals surface area contributed by atoms with Crippen LogP contribution in [0.15, 0.2) is 164 Å². The number of nitrogens with zero attached hydrogens (tertiary/aromatic N) is 7. The summed E-state index contributed by atoms with van der Waals surface area (Å²) in [6.45, 7) is 0. The van der Waals surface area contributed by atoms with Gasteiger partial charge in [0.2, 0.25) is 5.95 Å². The zero-order valence-electron chi connectivity index (χ0n) is 26.7. The van der Waals surface area contributed by atoms with E-state index in [4.69, 9.17) is 15.0 Å². The molecule has 0 spiro atoms. The lowest BCUT2D eigenvalue weighted by Gasteiger charge is -2.11. The summed E-state index contributed by atoms with van der Waals surface area (Å²) in [5, 5.41) is 4.72. The topological polar surface area (TPSA) is 74.3 Å². The Morgan fingerprint density at radius 1 is 0.340 bits per heavy atom. The number of hydrogen-bond donors (Lipinski definition) is 0. The molecule has 7 heteroatoms. The van der Waals surface area contributed by atoms with Crippen LogP contribution in [0.1, 0.15) is 0 Å². The van der Waals surface area contributed by atoms with Gasteiger partial charge in [0.25, 0.3) is 0 Å². The molecule has 0 amide bonds. The third-order valence-electron chi connectivity index (χ3n) is 9.39. The first-order valence-electron chi connectivity index (χ1n) is 16.5. The zero-order chi connectivity index (χ0) is 33.0. The summed E-state index contributed by atoms with van der Waals surface area (Å²) in [4.78, 5) is 23.4. The molecule has 0 atom stereocenters. The van der Waals surface area contributed by atoms with Gasteiger partial charge >= 0.3 is 0 Å². The molecular weight excluding hydrogens is 615 g/mol. The van der Waals surface area contributed by atoms with Crippen LogP contribution in [0.25, 0.3) is 89.2 Å². The summed E-state index contributed by atoms with van der Waals surface area (Å²) >= 11 is 0. The summed E-state index contributed by atoms with van der Waals surface area (Å²) in [5.41, 5.74) is 9.57. The van der Waals surface area contributed by atoms with Crippen molar-refractivity contribution < 1.29 is 0 Å². The molecule has 0 radical (unpaired) electrons. The van der Waals surface area contributed by atoms with Gasteiger partial charge in [-0.25, -0.2) is 4.98 Å². The highest BCUT2D eigenvalue weighted by Crippen LogP contribution is 2.38. The Hall–Kier alpha value is -6.99. The van der Waals surface area contributed by atoms with Crippen molar-refractivity contribution in [1.82, 2.24) is 34.1 Å². The van der Waals surface area contributed by atoms with Gasteiger partial charge in [0.1, 0.15) is 0 Å². The highest BCUT2D eigenvalue weighted by atomic mass is 15.2. The van der Waals surface area contributed by atoms with Crippen LogP contribution in [-0.4, -0.2) is 34.1 Å². The molecule has 0 saturated heterocycles. The van der Waals surface area contributed by atoms with Crippen molar-refractivity contribution in [2.75, 3.05) is 0 Å². The smallest absolute Gasteiger partial charge is 0.238 e. The number of pyridine rings is 2. The van der Waals surface area contributed by atoms with Gasteiger partial charge in [-0.3, -0.25) is 14.5 Å². The standard InChI is InChI=1S/C43H27N7/c1-2-8-32(9-3-1)49-37-12-6-4-10-33(37)35-16-14-31(27-40(35)49)30-15-17-39-36(26-30)34-11-5-7-13-38(34)50(39)43-47-41(28-18-22-44-23-19-28)46-42(48-43)29-20-24-45-25-21-29/h1-27H. The molecule has 0 fully saturated rings. The number of rotatable bonds is 5. The molecule has 0 saturated carbocycles. The first-order valence-corrected chi connectivity index (χ1v) is 16.5. The van der Waals surface area contributed by atoms with Gasteiger partial charge in [-0.2, -0.15) is 9.97 Å². The van der Waals surface area contributed by atoms with E-state index in [0.717, 1.165) is 49.7 Å². The molecule has 10 aromatic rings. The van der Waals surface area contributed by atoms with Gasteiger partial charge in [-0.05, 0) is 77.9 Å². The molecule has 5 aromatic heterocycles. The van der Waals surface area contributed by atoms with Crippen molar-refractivity contribution in [2.45, 2.75) is 0 Å². The van der Waals surface area contributed by atoms with Crippen LogP contribution in [-0.2, 0) is 0 Å². The van der Waals surface area contributed by atoms with Crippen molar-refractivity contribution in [3.05, 3.63) is 164 Å². The number of para-hydroxylation sites is 3. The van der Waals surface area contributed by atoms with Crippen molar-refractivity contribution in [2.24, 2.45) is 0 Å². The fraction of sp³-hybridized carbons (Fsp3) is 0. The van der Waals surface area contributed by atoms with E-state index in [0.29, 0.717) is 17.6 Å². The largest absolute Gasteiger partial charge is 0.309 e. The van der Waals surface area contributed by atoms with E-state index >= 15 is 0 Å². The Morgan fingerprint density at radius 3 is 1.54 bits per heavy atom. The number of fused-ring (bicyclic) bond motifs is 6. The van der Waals surface area contributed by atoms with Crippen molar-refractivity contribution in [3.63, 3.8) is 0 Å². The number of hydrogen-bond acceptors (Lipinski definition) is 5. The predicted octanol–water partition coefficient (Wildman–Crippen LogP) is 9.86. The highest BCUT2D eigenvalue weighted by Gasteiger charge is 2.19. The van der Waals surface area contributed by atoms with Crippen molar-refractivity contribution >= 4 is 43.6 Å². The molecule has 0 unspecified atom stereocenters. The SMILES string of the molecule is c1ccc(-n2c3ccccc3c3ccc(-c4ccc5c(c4)c4ccccc4n5-c4nc(-c5ccncc5)nc(-c5ccncc5)n4)cc32)cc1. The highest BCUT2D eigenvalue weighted by molar-refractivity contribution is 6.12. The normalized spacial score (nSPS) is 11.6. The quantitative estimate of drug-likeness (QED) is 0.187. The minimum absolute atomic E-state index is 0.548. The summed E-state index contributed by atoms with van der Waals surface area (Å²) in [5.74, 6) is 1.70. The molecule has 5 heterocycles. The van der Waals surface area contributed by atoms with Gasteiger partial charge in [0.05, 0.1) is 22.1 Å². The predicted molar refractivity (Wildman–Crippen MR) is 200 cm³/mol. The molecule has 10 rings (SSSR count). The van der Waals surface area contributed by atoms with E-state index < -0.39 is 0 Å². The molecule has 0 aliphatic rings. The van der Waals surface area contributed by atoms with Gasteiger partial charge in [0.15, 0.2) is 11.6 Å². The maximum absolute atomic E-state index is 5.04. The molecule has 0 aliphatic carbocycles. The van der Waals surface area contributed by atoms with Crippen LogP contribution >= 0.6 is 0 Å². The molecule has 7 nitrogen and oxygen atoms in total. The molecule has 50 heavy (non-hydrogen) atoms. The lowest BCUT2D eigenvalue weighted by atomic mass is 10.0. The molecular formula is C43H27N7. The first-order chi connectivity index (χ1) is 24.8. The second-order valence-corrected chi connectivity index (χ2v) is 12.3. The fourth-order valence-corrected chi connectivity index (χ4v) is 7.10. The monoisotopic (exact) mass is 641 g/mol. The van der Waals surface area contributed by atoms with Crippen LogP contribution in [0, 0.1) is 0 Å². The second-order valence-electron chi connectivity index (χ2n) is 12.3. The minimum Gasteiger partial charge on any atom is -0.309 e. The summed E-state index contributed by atoms with van der Waals surface area (Å²) in [6.07, 6.45) is 7.01. The van der Waals surface area contributed by atoms with E-state index in [1.54, 1.807) is 24.8 Å². The average molecular weight is 642 g/mol. The van der Waals surface area contributed by atoms with Crippen LogP contribution in [0.5, 0.6) is 0 Å². The fourth-order valence-electron chi connectivity index (χ4n) is 7.10. The van der Waals surface area contributed by atoms with Crippen LogP contribution < -0.4 is 0 Å². The molecule has 0 bridgehead atoms. The lowest BCUT2D eigenvalue weighted by molar-refractivity contribution is 0.952. The molecule has 5 aromatic carbocycles. The zero-order valence-corrected chi connectivity index (χ0v) is 26.7. The van der Waals surface area contributed by atoms with Crippen molar-refractivity contribution in [3.8, 4) is 45.5 Å². The molecule has 234 valence electrons. The van der Waals surface area contributed by atoms with Crippen molar-refractivity contribution in [1.29, 1.82) is 0 Å². The Morgan fingerprint density at radius 2 is 0.860 bits per heavy atom. The van der Waals surface area contributed by atoms with Crippen LogP contribution in [0.2, 0.25) is 0 Å². The van der Waals surface area contributed by atoms with Gasteiger partial charge in [0, 0.05) is 63.1 Å². The first kappa shape index (κ1) is 28.1. The van der Waals surface area contributed by atoms with E-state index in [1.165, 1.54) is 21.8 Å². The Balaban J connectivity index is 1.18. The third kappa shape index (κ3) is 4.48. The van der Waals surface area contributed by atoms with Gasteiger partial charge < -0.3 is 4.57 Å². The maximum Gasteiger partial charge on any atom is 0.238 e. The summed E-state index contributed by atoms with van der Waals surface area (Å²) in [7, 11) is 0. The summed E-state index contributed by atoms with van der Waals surface area (Å²) in [6, 6.07) is 48.8. The van der Waals surface area contributed by atoms with E-state index in [1.807, 2.05) is 24.3 Å². The number of aromatic nitrogens is 7. The summed E-state index contributed by atoms with van der Waals surface area (Å²) < 4.78 is 4.50. The van der Waals surface area contributed by atoms with Gasteiger partial charge in [-0.15, -0.1) is 0 Å². The average Bonchev–Trinajstić information content (AvgIpc) is 3.71. The van der Waals surface area contributed by atoms with E-state index in [-0.39, 0.29) is 0 Å². The minimum atomic E-state index is 0.548. The number of benzene rings is 5. The van der Waals surface area contributed by atoms with E-state index in [2.05, 4.69) is 134 Å². The Kier molecular flexibility index (Phi) is 6.35. The third-order valence-corrected chi connectivity index (χ3v) is 9.39. The Labute approximate surface area is 286 Å². The van der Waals surface area contributed by atoms with Crippen LogP contribution in [0.4, 0.5) is 0 Å². The van der Waals surface area contributed by atoms with Crippen LogP contribution in [0.3, 0.4) is 0 Å². The van der Waals surface area contributed by atoms with E-state index in [9.17, 15) is 0 Å². The van der Waals surface area contributed by atoms with Gasteiger partial charge in [-0.1, -0.05) is 72.8 Å². The molecule has 0 aliphatic heterocycles. The Bertz CT molecular complexity index is 2800. The molecule has 0 N–H and O–H groups in total. The maximum atomic E-state index is 5.04. The second kappa shape index (κ2) is 11.3.